The van der Waals surface area contributed by atoms with Crippen LogP contribution in [0.1, 0.15) is 13.7 Å². The third kappa shape index (κ3) is 3.48. The highest BCUT2D eigenvalue weighted by Gasteiger charge is 2.17. The van der Waals surface area contributed by atoms with Gasteiger partial charge in [0.25, 0.3) is 0 Å². The van der Waals surface area contributed by atoms with Gasteiger partial charge in [-0.15, -0.1) is 0 Å². The molecule has 1 heterocycles. The summed E-state index contributed by atoms with van der Waals surface area (Å²) in [4.78, 5) is 0. The molecule has 8 rings (SSSR count). The Morgan fingerprint density at radius 3 is 1.36 bits per heavy atom. The fraction of sp³-hybridized carbons (Fsp3) is 0. The summed E-state index contributed by atoms with van der Waals surface area (Å²) >= 11 is 0. The van der Waals surface area contributed by atoms with E-state index in [1.165, 1.54) is 0 Å². The molecular weight excluding hydrogens is 472 g/mol. The van der Waals surface area contributed by atoms with Crippen LogP contribution in [0.2, 0.25) is 0 Å². The molecule has 1 heteroatoms. The van der Waals surface area contributed by atoms with Crippen molar-refractivity contribution in [1.82, 2.24) is 0 Å². The summed E-state index contributed by atoms with van der Waals surface area (Å²) in [6.07, 6.45) is 0. The quantitative estimate of drug-likeness (QED) is 0.217. The lowest BCUT2D eigenvalue weighted by atomic mass is 9.86. The second-order valence-corrected chi connectivity index (χ2v) is 9.37. The first-order chi connectivity index (χ1) is 23.5. The van der Waals surface area contributed by atoms with Crippen molar-refractivity contribution in [3.8, 4) is 33.4 Å². The van der Waals surface area contributed by atoms with Gasteiger partial charge in [0.2, 0.25) is 0 Å². The average molecular weight is 507 g/mol. The topological polar surface area (TPSA) is 13.1 Å². The second kappa shape index (κ2) is 8.72. The van der Waals surface area contributed by atoms with Crippen LogP contribution >= 0.6 is 0 Å². The first-order valence-electron chi connectivity index (χ1n) is 17.5. The van der Waals surface area contributed by atoms with Crippen LogP contribution in [0.3, 0.4) is 0 Å². The predicted octanol–water partition coefficient (Wildman–Crippen LogP) is 10.9. The van der Waals surface area contributed by atoms with Gasteiger partial charge in [-0.25, -0.2) is 0 Å². The SMILES string of the molecule is [2H]c1c([2H])c([2H])c(-c2ccc3oc4ccc(-c5c6ccccc6c(-c6c([2H])c([2H])c([2H])c([2H])c6[2H])c6ccccc56)cc4c3c2)c([2H])c1[2H]. The van der Waals surface area contributed by atoms with Crippen LogP contribution in [0.4, 0.5) is 0 Å². The smallest absolute Gasteiger partial charge is 0.135 e. The van der Waals surface area contributed by atoms with Crippen LogP contribution in [0.5, 0.6) is 0 Å². The maximum atomic E-state index is 8.79. The maximum absolute atomic E-state index is 8.79. The predicted molar refractivity (Wildman–Crippen MR) is 165 cm³/mol. The Labute approximate surface area is 240 Å². The van der Waals surface area contributed by atoms with Crippen LogP contribution in [-0.4, -0.2) is 0 Å². The number of furan rings is 1. The molecule has 0 aliphatic carbocycles. The summed E-state index contributed by atoms with van der Waals surface area (Å²) < 4.78 is 89.9. The summed E-state index contributed by atoms with van der Waals surface area (Å²) in [7, 11) is 0. The normalized spacial score (nSPS) is 15.2. The highest BCUT2D eigenvalue weighted by atomic mass is 16.3. The average Bonchev–Trinajstić information content (AvgIpc) is 3.48. The highest BCUT2D eigenvalue weighted by Crippen LogP contribution is 2.44. The van der Waals surface area contributed by atoms with Gasteiger partial charge in [0.1, 0.15) is 11.2 Å². The molecule has 0 amide bonds. The summed E-state index contributed by atoms with van der Waals surface area (Å²) in [5.74, 6) is 0. The third-order valence-corrected chi connectivity index (χ3v) is 7.23. The molecule has 0 aliphatic rings. The molecule has 0 saturated carbocycles. The summed E-state index contributed by atoms with van der Waals surface area (Å²) in [6, 6.07) is 22.8. The van der Waals surface area contributed by atoms with Gasteiger partial charge in [0, 0.05) is 10.8 Å². The standard InChI is InChI=1S/C38H24O/c1-3-11-25(12-4-1)27-19-21-35-33(23-27)34-24-28(20-22-36(34)39-35)38-31-17-9-7-15-29(31)37(26-13-5-2-6-14-26)30-16-8-10-18-32(30)38/h1-24H/i1D,2D,3D,4D,5D,6D,11D,12D,13D,14D. The van der Waals surface area contributed by atoms with E-state index < -0.39 is 36.3 Å². The molecule has 0 aliphatic heterocycles. The molecule has 7 aromatic carbocycles. The Kier molecular flexibility index (Phi) is 3.16. The zero-order chi connectivity index (χ0) is 34.5. The molecule has 0 atom stereocenters. The van der Waals surface area contributed by atoms with E-state index >= 15 is 0 Å². The van der Waals surface area contributed by atoms with Gasteiger partial charge in [-0.2, -0.15) is 0 Å². The van der Waals surface area contributed by atoms with Crippen molar-refractivity contribution in [1.29, 1.82) is 0 Å². The van der Waals surface area contributed by atoms with Gasteiger partial charge in [-0.3, -0.25) is 0 Å². The van der Waals surface area contributed by atoms with E-state index in [2.05, 4.69) is 0 Å². The van der Waals surface area contributed by atoms with Gasteiger partial charge in [0.05, 0.1) is 13.7 Å². The lowest BCUT2D eigenvalue weighted by Crippen LogP contribution is -1.90. The van der Waals surface area contributed by atoms with E-state index in [4.69, 9.17) is 18.1 Å². The molecular formula is C38H24O. The first-order valence-corrected chi connectivity index (χ1v) is 12.5. The fourth-order valence-electron chi connectivity index (χ4n) is 5.57. The molecule has 0 spiro atoms. The minimum absolute atomic E-state index is 0.110. The first kappa shape index (κ1) is 14.1. The third-order valence-electron chi connectivity index (χ3n) is 7.23. The monoisotopic (exact) mass is 506 g/mol. The van der Waals surface area contributed by atoms with E-state index in [1.807, 2.05) is 66.7 Å². The largest absolute Gasteiger partial charge is 0.456 e. The minimum Gasteiger partial charge on any atom is -0.456 e. The molecule has 0 N–H and O–H groups in total. The van der Waals surface area contributed by atoms with Crippen molar-refractivity contribution in [2.24, 2.45) is 0 Å². The summed E-state index contributed by atoms with van der Waals surface area (Å²) in [5, 5.41) is 4.60. The molecule has 8 aromatic rings. The Bertz CT molecular complexity index is 2620. The lowest BCUT2D eigenvalue weighted by Gasteiger charge is -2.17. The van der Waals surface area contributed by atoms with Crippen LogP contribution in [-0.2, 0) is 0 Å². The van der Waals surface area contributed by atoms with Gasteiger partial charge in [0.15, 0.2) is 0 Å². The number of hydrogen-bond acceptors (Lipinski definition) is 1. The van der Waals surface area contributed by atoms with Crippen molar-refractivity contribution in [2.75, 3.05) is 0 Å². The Balaban J connectivity index is 1.42. The molecule has 0 bridgehead atoms. The van der Waals surface area contributed by atoms with E-state index in [-0.39, 0.29) is 35.3 Å². The van der Waals surface area contributed by atoms with Crippen molar-refractivity contribution in [3.05, 3.63) is 145 Å². The molecule has 0 saturated heterocycles. The molecule has 0 unspecified atom stereocenters. The summed E-state index contributed by atoms with van der Waals surface area (Å²) in [6.45, 7) is 0. The van der Waals surface area contributed by atoms with Crippen LogP contribution in [0, 0.1) is 0 Å². The van der Waals surface area contributed by atoms with Gasteiger partial charge in [-0.05, 0) is 79.2 Å². The number of rotatable bonds is 3. The number of hydrogen-bond donors (Lipinski definition) is 0. The molecule has 182 valence electrons. The molecule has 0 radical (unpaired) electrons. The second-order valence-electron chi connectivity index (χ2n) is 9.37. The highest BCUT2D eigenvalue weighted by molar-refractivity contribution is 6.22. The summed E-state index contributed by atoms with van der Waals surface area (Å²) in [5.41, 5.74) is 4.21. The molecule has 0 fully saturated rings. The zero-order valence-electron chi connectivity index (χ0n) is 30.5. The molecule has 1 aromatic heterocycles. The van der Waals surface area contributed by atoms with E-state index in [9.17, 15) is 0 Å². The van der Waals surface area contributed by atoms with Crippen molar-refractivity contribution in [2.45, 2.75) is 0 Å². The zero-order valence-corrected chi connectivity index (χ0v) is 20.5. The fourth-order valence-corrected chi connectivity index (χ4v) is 5.57. The van der Waals surface area contributed by atoms with Crippen LogP contribution < -0.4 is 0 Å². The number of fused-ring (bicyclic) bond motifs is 5. The van der Waals surface area contributed by atoms with Crippen LogP contribution in [0.25, 0.3) is 76.9 Å². The van der Waals surface area contributed by atoms with E-state index in [1.54, 1.807) is 18.2 Å². The van der Waals surface area contributed by atoms with Gasteiger partial charge < -0.3 is 4.42 Å². The Morgan fingerprint density at radius 1 is 0.385 bits per heavy atom. The van der Waals surface area contributed by atoms with Gasteiger partial charge >= 0.3 is 0 Å². The van der Waals surface area contributed by atoms with Crippen molar-refractivity contribution >= 4 is 43.5 Å². The molecule has 39 heavy (non-hydrogen) atoms. The van der Waals surface area contributed by atoms with Crippen molar-refractivity contribution in [3.63, 3.8) is 0 Å². The van der Waals surface area contributed by atoms with Gasteiger partial charge in [-0.1, -0.05) is 121 Å². The van der Waals surface area contributed by atoms with E-state index in [0.717, 1.165) is 38.1 Å². The van der Waals surface area contributed by atoms with E-state index in [0.29, 0.717) is 27.7 Å². The maximum Gasteiger partial charge on any atom is 0.135 e. The number of benzene rings is 7. The Morgan fingerprint density at radius 2 is 0.821 bits per heavy atom. The Hall–Kier alpha value is -5.14. The van der Waals surface area contributed by atoms with Crippen molar-refractivity contribution < 1.29 is 18.1 Å². The lowest BCUT2D eigenvalue weighted by molar-refractivity contribution is 0.669. The minimum atomic E-state index is -0.449. The van der Waals surface area contributed by atoms with Crippen LogP contribution in [0.15, 0.2) is 150 Å². The molecule has 1 nitrogen and oxygen atoms in total.